The molecule has 0 N–H and O–H groups in total. The molecule has 1 aromatic rings. The number of aryl methyl sites for hydroxylation is 1. The quantitative estimate of drug-likeness (QED) is 0.453. The van der Waals surface area contributed by atoms with Crippen LogP contribution in [0, 0.1) is 10.1 Å². The number of nitro groups is 1. The van der Waals surface area contributed by atoms with Crippen LogP contribution in [0.15, 0.2) is 12.5 Å². The normalized spacial score (nSPS) is 11.2. The molecule has 0 saturated carbocycles. The fourth-order valence-corrected chi connectivity index (χ4v) is 1.18. The maximum atomic E-state index is 11.4. The van der Waals surface area contributed by atoms with E-state index in [9.17, 15) is 14.9 Å². The van der Waals surface area contributed by atoms with Gasteiger partial charge in [-0.3, -0.25) is 4.79 Å². The highest BCUT2D eigenvalue weighted by Crippen LogP contribution is 2.10. The SMILES string of the molecule is CC(C)(C)OC(=O)CCn1cnc([N+](=O)[O-])c1. The molecule has 0 radical (unpaired) electrons. The summed E-state index contributed by atoms with van der Waals surface area (Å²) >= 11 is 0. The summed E-state index contributed by atoms with van der Waals surface area (Å²) in [6.07, 6.45) is 2.76. The van der Waals surface area contributed by atoms with E-state index in [2.05, 4.69) is 4.98 Å². The molecule has 17 heavy (non-hydrogen) atoms. The molecule has 0 unspecified atom stereocenters. The van der Waals surface area contributed by atoms with Crippen LogP contribution in [0.2, 0.25) is 0 Å². The molecular weight excluding hydrogens is 226 g/mol. The average Bonchev–Trinajstić information content (AvgIpc) is 2.60. The third-order valence-electron chi connectivity index (χ3n) is 1.80. The van der Waals surface area contributed by atoms with Crippen LogP contribution in [0.5, 0.6) is 0 Å². The van der Waals surface area contributed by atoms with E-state index in [1.807, 2.05) is 0 Å². The summed E-state index contributed by atoms with van der Waals surface area (Å²) in [5.41, 5.74) is -0.516. The van der Waals surface area contributed by atoms with Gasteiger partial charge >= 0.3 is 11.8 Å². The molecule has 0 aliphatic heterocycles. The minimum absolute atomic E-state index is 0.158. The highest BCUT2D eigenvalue weighted by atomic mass is 16.6. The molecular formula is C10H15N3O4. The van der Waals surface area contributed by atoms with E-state index < -0.39 is 10.5 Å². The molecule has 0 fully saturated rings. The van der Waals surface area contributed by atoms with E-state index in [1.54, 1.807) is 20.8 Å². The van der Waals surface area contributed by atoms with Crippen molar-refractivity contribution in [2.24, 2.45) is 0 Å². The number of hydrogen-bond donors (Lipinski definition) is 0. The monoisotopic (exact) mass is 241 g/mol. The van der Waals surface area contributed by atoms with Gasteiger partial charge in [0.05, 0.1) is 6.42 Å². The van der Waals surface area contributed by atoms with E-state index >= 15 is 0 Å². The topological polar surface area (TPSA) is 87.3 Å². The molecule has 1 rings (SSSR count). The van der Waals surface area contributed by atoms with Gasteiger partial charge in [-0.15, -0.1) is 0 Å². The average molecular weight is 241 g/mol. The van der Waals surface area contributed by atoms with E-state index in [0.29, 0.717) is 6.54 Å². The Kier molecular flexibility index (Phi) is 3.82. The maximum absolute atomic E-state index is 11.4. The van der Waals surface area contributed by atoms with Crippen LogP contribution in [-0.4, -0.2) is 26.0 Å². The van der Waals surface area contributed by atoms with Crippen LogP contribution in [0.25, 0.3) is 0 Å². The lowest BCUT2D eigenvalue weighted by atomic mass is 10.2. The zero-order valence-corrected chi connectivity index (χ0v) is 10.0. The third kappa shape index (κ3) is 4.62. The Labute approximate surface area is 98.6 Å². The van der Waals surface area contributed by atoms with E-state index in [-0.39, 0.29) is 18.2 Å². The van der Waals surface area contributed by atoms with Gasteiger partial charge in [-0.2, -0.15) is 0 Å². The van der Waals surface area contributed by atoms with E-state index in [4.69, 9.17) is 4.74 Å². The number of carbonyl (C=O) groups excluding carboxylic acids is 1. The van der Waals surface area contributed by atoms with Crippen molar-refractivity contribution < 1.29 is 14.5 Å². The van der Waals surface area contributed by atoms with E-state index in [0.717, 1.165) is 0 Å². The van der Waals surface area contributed by atoms with Crippen LogP contribution in [0.3, 0.4) is 0 Å². The van der Waals surface area contributed by atoms with Crippen molar-refractivity contribution in [1.82, 2.24) is 9.55 Å². The van der Waals surface area contributed by atoms with Crippen molar-refractivity contribution in [2.75, 3.05) is 0 Å². The summed E-state index contributed by atoms with van der Waals surface area (Å²) in [5, 5.41) is 10.4. The van der Waals surface area contributed by atoms with Gasteiger partial charge in [0, 0.05) is 6.54 Å². The Morgan fingerprint density at radius 2 is 2.24 bits per heavy atom. The van der Waals surface area contributed by atoms with Crippen LogP contribution < -0.4 is 0 Å². The van der Waals surface area contributed by atoms with Gasteiger partial charge in [0.2, 0.25) is 6.33 Å². The fraction of sp³-hybridized carbons (Fsp3) is 0.600. The molecule has 0 bridgehead atoms. The molecule has 0 aliphatic rings. The second-order valence-electron chi connectivity index (χ2n) is 4.56. The molecule has 7 nitrogen and oxygen atoms in total. The van der Waals surface area contributed by atoms with Gasteiger partial charge in [-0.25, -0.2) is 0 Å². The molecule has 0 atom stereocenters. The summed E-state index contributed by atoms with van der Waals surface area (Å²) in [5.74, 6) is -0.567. The molecule has 0 aromatic carbocycles. The number of esters is 1. The first-order chi connectivity index (χ1) is 7.78. The first kappa shape index (κ1) is 13.1. The lowest BCUT2D eigenvalue weighted by Crippen LogP contribution is -2.24. The maximum Gasteiger partial charge on any atom is 0.381 e. The summed E-state index contributed by atoms with van der Waals surface area (Å²) in [7, 11) is 0. The van der Waals surface area contributed by atoms with Gasteiger partial charge < -0.3 is 19.4 Å². The highest BCUT2D eigenvalue weighted by molar-refractivity contribution is 5.69. The number of nitrogens with zero attached hydrogens (tertiary/aromatic N) is 3. The van der Waals surface area contributed by atoms with Crippen molar-refractivity contribution in [3.8, 4) is 0 Å². The summed E-state index contributed by atoms with van der Waals surface area (Å²) in [4.78, 5) is 24.8. The molecule has 0 saturated heterocycles. The predicted molar refractivity (Wildman–Crippen MR) is 59.3 cm³/mol. The number of imidazole rings is 1. The zero-order chi connectivity index (χ0) is 13.1. The number of rotatable bonds is 4. The lowest BCUT2D eigenvalue weighted by molar-refractivity contribution is -0.389. The molecule has 1 aromatic heterocycles. The number of ether oxygens (including phenoxy) is 1. The number of carbonyl (C=O) groups is 1. The highest BCUT2D eigenvalue weighted by Gasteiger charge is 2.16. The summed E-state index contributed by atoms with van der Waals surface area (Å²) in [6.45, 7) is 5.67. The third-order valence-corrected chi connectivity index (χ3v) is 1.80. The van der Waals surface area contributed by atoms with Crippen molar-refractivity contribution in [1.29, 1.82) is 0 Å². The number of hydrogen-bond acceptors (Lipinski definition) is 5. The fourth-order valence-electron chi connectivity index (χ4n) is 1.18. The predicted octanol–water partition coefficient (Wildman–Crippen LogP) is 1.52. The molecule has 0 amide bonds. The van der Waals surface area contributed by atoms with Gasteiger partial charge in [0.1, 0.15) is 11.8 Å². The van der Waals surface area contributed by atoms with Gasteiger partial charge in [-0.05, 0) is 30.7 Å². The van der Waals surface area contributed by atoms with Crippen molar-refractivity contribution >= 4 is 11.8 Å². The first-order valence-electron chi connectivity index (χ1n) is 5.16. The zero-order valence-electron chi connectivity index (χ0n) is 10.0. The summed E-state index contributed by atoms with van der Waals surface area (Å²) in [6, 6.07) is 0. The second-order valence-corrected chi connectivity index (χ2v) is 4.56. The van der Waals surface area contributed by atoms with Crippen molar-refractivity contribution in [2.45, 2.75) is 39.3 Å². The van der Waals surface area contributed by atoms with Crippen LogP contribution in [0.1, 0.15) is 27.2 Å². The largest absolute Gasteiger partial charge is 0.460 e. The van der Waals surface area contributed by atoms with Gasteiger partial charge in [0.15, 0.2) is 0 Å². The Morgan fingerprint density at radius 3 is 2.71 bits per heavy atom. The Morgan fingerprint density at radius 1 is 1.59 bits per heavy atom. The molecule has 94 valence electrons. The van der Waals surface area contributed by atoms with Crippen LogP contribution >= 0.6 is 0 Å². The Balaban J connectivity index is 2.45. The Hall–Kier alpha value is -1.92. The summed E-state index contributed by atoms with van der Waals surface area (Å²) < 4.78 is 6.60. The van der Waals surface area contributed by atoms with Gasteiger partial charge in [0.25, 0.3) is 0 Å². The molecule has 7 heteroatoms. The van der Waals surface area contributed by atoms with Crippen LogP contribution in [0.4, 0.5) is 5.82 Å². The minimum Gasteiger partial charge on any atom is -0.460 e. The molecule has 0 aliphatic carbocycles. The number of aromatic nitrogens is 2. The van der Waals surface area contributed by atoms with Crippen molar-refractivity contribution in [3.63, 3.8) is 0 Å². The first-order valence-corrected chi connectivity index (χ1v) is 5.16. The van der Waals surface area contributed by atoms with E-state index in [1.165, 1.54) is 17.1 Å². The minimum atomic E-state index is -0.579. The molecule has 1 heterocycles. The Bertz CT molecular complexity index is 419. The second kappa shape index (κ2) is 4.94. The van der Waals surface area contributed by atoms with Gasteiger partial charge in [-0.1, -0.05) is 0 Å². The lowest BCUT2D eigenvalue weighted by Gasteiger charge is -2.19. The standard InChI is InChI=1S/C10H15N3O4/c1-10(2,3)17-9(14)4-5-12-6-8(11-7-12)13(15)16/h6-7H,4-5H2,1-3H3. The van der Waals surface area contributed by atoms with Crippen molar-refractivity contribution in [3.05, 3.63) is 22.6 Å². The van der Waals surface area contributed by atoms with Crippen LogP contribution in [-0.2, 0) is 16.1 Å². The molecule has 0 spiro atoms. The smallest absolute Gasteiger partial charge is 0.381 e.